The van der Waals surface area contributed by atoms with Gasteiger partial charge in [0.2, 0.25) is 0 Å². The summed E-state index contributed by atoms with van der Waals surface area (Å²) >= 11 is 0. The molecule has 2 aromatic carbocycles. The van der Waals surface area contributed by atoms with Gasteiger partial charge in [-0.3, -0.25) is 4.90 Å². The molecule has 0 spiro atoms. The lowest BCUT2D eigenvalue weighted by molar-refractivity contribution is 0.000342. The predicted octanol–water partition coefficient (Wildman–Crippen LogP) is 5.21. The monoisotopic (exact) mass is 472 g/mol. The molecule has 2 N–H and O–H groups in total. The van der Waals surface area contributed by atoms with Gasteiger partial charge in [-0.15, -0.1) is 0 Å². The topological polar surface area (TPSA) is 44.7 Å². The second-order valence-corrected chi connectivity index (χ2v) is 9.93. The summed E-state index contributed by atoms with van der Waals surface area (Å²) in [5.41, 5.74) is 1.74. The van der Waals surface area contributed by atoms with Gasteiger partial charge in [0.15, 0.2) is 0 Å². The number of hydrogen-bond donors (Lipinski definition) is 2. The number of likely N-dealkylation sites (tertiary alicyclic amines) is 1. The Kier molecular flexibility index (Phi) is 9.06. The Hall–Kier alpha value is -1.86. The van der Waals surface area contributed by atoms with Crippen LogP contribution in [0.5, 0.6) is 0 Å². The quantitative estimate of drug-likeness (QED) is 0.498. The minimum absolute atomic E-state index is 0.128. The Balaban J connectivity index is 1.33. The Morgan fingerprint density at radius 1 is 0.824 bits per heavy atom. The molecule has 6 heteroatoms. The summed E-state index contributed by atoms with van der Waals surface area (Å²) in [6.07, 6.45) is 9.05. The molecule has 1 atom stereocenters. The summed E-state index contributed by atoms with van der Waals surface area (Å²) in [7, 11) is 0. The number of benzene rings is 2. The van der Waals surface area contributed by atoms with Gasteiger partial charge in [0.05, 0.1) is 12.7 Å². The van der Waals surface area contributed by atoms with Crippen molar-refractivity contribution in [3.63, 3.8) is 0 Å². The second kappa shape index (κ2) is 12.2. The highest BCUT2D eigenvalue weighted by Gasteiger charge is 2.38. The second-order valence-electron chi connectivity index (χ2n) is 9.93. The molecule has 0 unspecified atom stereocenters. The molecule has 1 heterocycles. The van der Waals surface area contributed by atoms with Crippen LogP contribution in [0.2, 0.25) is 0 Å². The Bertz CT molecular complexity index is 817. The van der Waals surface area contributed by atoms with Crippen molar-refractivity contribution in [2.75, 3.05) is 32.8 Å². The van der Waals surface area contributed by atoms with Crippen LogP contribution < -0.4 is 5.32 Å². The van der Waals surface area contributed by atoms with E-state index in [4.69, 9.17) is 4.74 Å². The number of rotatable bonds is 10. The maximum absolute atomic E-state index is 13.4. The minimum Gasteiger partial charge on any atom is -0.389 e. The molecule has 1 aliphatic heterocycles. The smallest absolute Gasteiger partial charge is 0.123 e. The van der Waals surface area contributed by atoms with Gasteiger partial charge in [0.1, 0.15) is 17.7 Å². The average Bonchev–Trinajstić information content (AvgIpc) is 2.87. The van der Waals surface area contributed by atoms with Crippen LogP contribution >= 0.6 is 0 Å². The van der Waals surface area contributed by atoms with Gasteiger partial charge in [-0.2, -0.15) is 0 Å². The van der Waals surface area contributed by atoms with Crippen molar-refractivity contribution < 1.29 is 18.6 Å². The van der Waals surface area contributed by atoms with Crippen molar-refractivity contribution in [1.29, 1.82) is 0 Å². The highest BCUT2D eigenvalue weighted by atomic mass is 19.1. The number of piperidine rings is 1. The van der Waals surface area contributed by atoms with Crippen molar-refractivity contribution in [2.24, 2.45) is 0 Å². The lowest BCUT2D eigenvalue weighted by Crippen LogP contribution is -2.58. The van der Waals surface area contributed by atoms with E-state index in [1.165, 1.54) is 88.7 Å². The first-order valence-corrected chi connectivity index (χ1v) is 12.8. The van der Waals surface area contributed by atoms with E-state index in [-0.39, 0.29) is 23.8 Å². The fraction of sp³-hybridized carbons (Fsp3) is 0.571. The van der Waals surface area contributed by atoms with Crippen molar-refractivity contribution >= 4 is 0 Å². The van der Waals surface area contributed by atoms with Crippen LogP contribution in [0, 0.1) is 11.6 Å². The van der Waals surface area contributed by atoms with E-state index >= 15 is 0 Å². The SMILES string of the molecule is O[C@@H](CNCC1(N2CCCCC2)CCCCC1)COC(c1ccc(F)cc1)c1ccc(F)cc1. The third-order valence-electron chi connectivity index (χ3n) is 7.45. The van der Waals surface area contributed by atoms with Crippen LogP contribution in [0.3, 0.4) is 0 Å². The fourth-order valence-corrected chi connectivity index (χ4v) is 5.58. The van der Waals surface area contributed by atoms with Crippen LogP contribution in [0.25, 0.3) is 0 Å². The van der Waals surface area contributed by atoms with E-state index in [0.717, 1.165) is 17.7 Å². The van der Waals surface area contributed by atoms with Crippen molar-refractivity contribution in [3.8, 4) is 0 Å². The molecule has 4 nitrogen and oxygen atoms in total. The third-order valence-corrected chi connectivity index (χ3v) is 7.45. The first kappa shape index (κ1) is 25.2. The molecule has 186 valence electrons. The van der Waals surface area contributed by atoms with Crippen LogP contribution in [0.15, 0.2) is 48.5 Å². The molecule has 0 bridgehead atoms. The predicted molar refractivity (Wildman–Crippen MR) is 131 cm³/mol. The summed E-state index contributed by atoms with van der Waals surface area (Å²) in [4.78, 5) is 2.70. The van der Waals surface area contributed by atoms with Gasteiger partial charge < -0.3 is 15.2 Å². The number of nitrogens with one attached hydrogen (secondary N) is 1. The van der Waals surface area contributed by atoms with Gasteiger partial charge in [0, 0.05) is 18.6 Å². The molecule has 2 fully saturated rings. The molecule has 0 amide bonds. The number of nitrogens with zero attached hydrogens (tertiary/aromatic N) is 1. The molecular weight excluding hydrogens is 434 g/mol. The van der Waals surface area contributed by atoms with Crippen molar-refractivity contribution in [3.05, 3.63) is 71.3 Å². The van der Waals surface area contributed by atoms with Crippen molar-refractivity contribution in [1.82, 2.24) is 10.2 Å². The van der Waals surface area contributed by atoms with Gasteiger partial charge in [-0.05, 0) is 74.2 Å². The normalized spacial score (nSPS) is 19.9. The zero-order valence-electron chi connectivity index (χ0n) is 20.0. The highest BCUT2D eigenvalue weighted by Crippen LogP contribution is 2.35. The molecular formula is C28H38F2N2O2. The maximum Gasteiger partial charge on any atom is 0.123 e. The van der Waals surface area contributed by atoms with Gasteiger partial charge >= 0.3 is 0 Å². The number of aliphatic hydroxyl groups excluding tert-OH is 1. The molecule has 1 saturated carbocycles. The number of aliphatic hydroxyl groups is 1. The Labute approximate surface area is 202 Å². The lowest BCUT2D eigenvalue weighted by Gasteiger charge is -2.48. The van der Waals surface area contributed by atoms with E-state index in [0.29, 0.717) is 6.54 Å². The zero-order valence-corrected chi connectivity index (χ0v) is 20.0. The highest BCUT2D eigenvalue weighted by molar-refractivity contribution is 5.30. The van der Waals surface area contributed by atoms with E-state index in [2.05, 4.69) is 10.2 Å². The fourth-order valence-electron chi connectivity index (χ4n) is 5.58. The lowest BCUT2D eigenvalue weighted by atomic mass is 9.79. The standard InChI is InChI=1S/C28H38F2N2O2/c29-24-11-7-22(8-12-24)27(23-9-13-25(30)14-10-23)34-20-26(33)19-31-21-28(15-3-1-4-16-28)32-17-5-2-6-18-32/h7-14,26-27,31,33H,1-6,15-21H2/t26-/m0/s1. The molecule has 1 aliphatic carbocycles. The molecule has 0 aromatic heterocycles. The van der Waals surface area contributed by atoms with Crippen LogP contribution in [-0.4, -0.2) is 54.4 Å². The van der Waals surface area contributed by atoms with Crippen molar-refractivity contribution in [2.45, 2.75) is 69.1 Å². The summed E-state index contributed by atoms with van der Waals surface area (Å²) in [6, 6.07) is 12.2. The van der Waals surface area contributed by atoms with E-state index < -0.39 is 12.2 Å². The van der Waals surface area contributed by atoms with Crippen LogP contribution in [-0.2, 0) is 4.74 Å². The maximum atomic E-state index is 13.4. The van der Waals surface area contributed by atoms with E-state index in [9.17, 15) is 13.9 Å². The van der Waals surface area contributed by atoms with Gasteiger partial charge in [-0.1, -0.05) is 49.9 Å². The van der Waals surface area contributed by atoms with E-state index in [1.54, 1.807) is 24.3 Å². The molecule has 0 radical (unpaired) electrons. The van der Waals surface area contributed by atoms with Crippen LogP contribution in [0.4, 0.5) is 8.78 Å². The minimum atomic E-state index is -0.676. The Morgan fingerprint density at radius 3 is 1.91 bits per heavy atom. The largest absolute Gasteiger partial charge is 0.389 e. The number of halogens is 2. The molecule has 2 aliphatic rings. The average molecular weight is 473 g/mol. The Morgan fingerprint density at radius 2 is 1.35 bits per heavy atom. The third kappa shape index (κ3) is 6.63. The molecule has 4 rings (SSSR count). The number of ether oxygens (including phenoxy) is 1. The summed E-state index contributed by atoms with van der Waals surface area (Å²) < 4.78 is 33.0. The van der Waals surface area contributed by atoms with Gasteiger partial charge in [-0.25, -0.2) is 8.78 Å². The zero-order chi connectivity index (χ0) is 23.8. The molecule has 1 saturated heterocycles. The molecule has 2 aromatic rings. The summed E-state index contributed by atoms with van der Waals surface area (Å²) in [5, 5.41) is 14.2. The molecule has 34 heavy (non-hydrogen) atoms. The first-order valence-electron chi connectivity index (χ1n) is 12.8. The van der Waals surface area contributed by atoms with Crippen LogP contribution in [0.1, 0.15) is 68.6 Å². The summed E-state index contributed by atoms with van der Waals surface area (Å²) in [6.45, 7) is 3.84. The van der Waals surface area contributed by atoms with Gasteiger partial charge in [0.25, 0.3) is 0 Å². The number of hydrogen-bond acceptors (Lipinski definition) is 4. The first-order chi connectivity index (χ1) is 16.6. The summed E-state index contributed by atoms with van der Waals surface area (Å²) in [5.74, 6) is -0.646. The van der Waals surface area contributed by atoms with E-state index in [1.807, 2.05) is 0 Å².